The van der Waals surface area contributed by atoms with Crippen molar-refractivity contribution >= 4 is 17.7 Å². The first-order valence-electron chi connectivity index (χ1n) is 8.24. The van der Waals surface area contributed by atoms with Crippen molar-refractivity contribution in [3.63, 3.8) is 0 Å². The zero-order valence-electron chi connectivity index (χ0n) is 14.8. The van der Waals surface area contributed by atoms with E-state index in [-0.39, 0.29) is 11.7 Å². The van der Waals surface area contributed by atoms with Gasteiger partial charge in [-0.15, -0.1) is 0 Å². The van der Waals surface area contributed by atoms with E-state index in [9.17, 15) is 9.59 Å². The Morgan fingerprint density at radius 1 is 1.42 bits per heavy atom. The lowest BCUT2D eigenvalue weighted by atomic mass is 10.1. The quantitative estimate of drug-likeness (QED) is 0.892. The Bertz CT molecular complexity index is 576. The summed E-state index contributed by atoms with van der Waals surface area (Å²) in [5, 5.41) is 2.57. The van der Waals surface area contributed by atoms with Gasteiger partial charge < -0.3 is 18.8 Å². The molecular weight excluding hydrogens is 312 g/mol. The topological polar surface area (TPSA) is 81.0 Å². The van der Waals surface area contributed by atoms with E-state index in [1.165, 1.54) is 6.26 Å². The first kappa shape index (κ1) is 18.3. The molecule has 7 heteroatoms. The fraction of sp³-hybridized carbons (Fsp3) is 0.647. The highest BCUT2D eigenvalue weighted by Crippen LogP contribution is 2.24. The van der Waals surface area contributed by atoms with Crippen LogP contribution in [0.25, 0.3) is 0 Å². The Morgan fingerprint density at radius 3 is 2.83 bits per heavy atom. The van der Waals surface area contributed by atoms with Gasteiger partial charge in [0.15, 0.2) is 0 Å². The molecule has 0 aliphatic carbocycles. The van der Waals surface area contributed by atoms with Crippen molar-refractivity contribution in [2.24, 2.45) is 5.92 Å². The van der Waals surface area contributed by atoms with Gasteiger partial charge in [-0.25, -0.2) is 4.79 Å². The first-order chi connectivity index (χ1) is 11.3. The number of nitrogens with one attached hydrogen (secondary N) is 1. The standard InChI is InChI=1S/C17H26N2O5/c1-5-22-11-12-6-8-19(10-12)15(20)14-13(7-9-23-14)18-16(21)24-17(2,3)4/h7,9,12H,5-6,8,10-11H2,1-4H3,(H,18,21). The molecule has 0 bridgehead atoms. The number of likely N-dealkylation sites (tertiary alicyclic amines) is 1. The molecule has 1 aliphatic heterocycles. The molecule has 1 atom stereocenters. The zero-order chi connectivity index (χ0) is 17.7. The third-order valence-electron chi connectivity index (χ3n) is 3.63. The first-order valence-corrected chi connectivity index (χ1v) is 8.24. The summed E-state index contributed by atoms with van der Waals surface area (Å²) in [4.78, 5) is 26.2. The van der Waals surface area contributed by atoms with E-state index in [0.29, 0.717) is 37.9 Å². The summed E-state index contributed by atoms with van der Waals surface area (Å²) in [5.41, 5.74) is -0.290. The number of hydrogen-bond donors (Lipinski definition) is 1. The zero-order valence-corrected chi connectivity index (χ0v) is 14.8. The number of ether oxygens (including phenoxy) is 2. The summed E-state index contributed by atoms with van der Waals surface area (Å²) < 4.78 is 15.9. The number of rotatable bonds is 5. The van der Waals surface area contributed by atoms with E-state index in [1.54, 1.807) is 31.7 Å². The average molecular weight is 338 g/mol. The Kier molecular flexibility index (Phi) is 5.88. The number of nitrogens with zero attached hydrogens (tertiary/aromatic N) is 1. The van der Waals surface area contributed by atoms with Crippen LogP contribution >= 0.6 is 0 Å². The van der Waals surface area contributed by atoms with Crippen LogP contribution in [0.2, 0.25) is 0 Å². The Morgan fingerprint density at radius 2 is 2.17 bits per heavy atom. The molecule has 2 heterocycles. The smallest absolute Gasteiger partial charge is 0.412 e. The maximum absolute atomic E-state index is 12.6. The van der Waals surface area contributed by atoms with Gasteiger partial charge in [0.25, 0.3) is 5.91 Å². The fourth-order valence-corrected chi connectivity index (χ4v) is 2.57. The van der Waals surface area contributed by atoms with Crippen molar-refractivity contribution in [3.05, 3.63) is 18.1 Å². The number of carbonyl (C=O) groups excluding carboxylic acids is 2. The molecule has 1 aromatic rings. The van der Waals surface area contributed by atoms with Crippen molar-refractivity contribution < 1.29 is 23.5 Å². The van der Waals surface area contributed by atoms with Crippen molar-refractivity contribution in [1.29, 1.82) is 0 Å². The van der Waals surface area contributed by atoms with Gasteiger partial charge in [-0.2, -0.15) is 0 Å². The summed E-state index contributed by atoms with van der Waals surface area (Å²) in [7, 11) is 0. The number of carbonyl (C=O) groups is 2. The Labute approximate surface area is 142 Å². The fourth-order valence-electron chi connectivity index (χ4n) is 2.57. The van der Waals surface area contributed by atoms with Crippen LogP contribution in [0.1, 0.15) is 44.7 Å². The lowest BCUT2D eigenvalue weighted by Gasteiger charge is -2.20. The molecule has 1 saturated heterocycles. The minimum atomic E-state index is -0.617. The van der Waals surface area contributed by atoms with Crippen molar-refractivity contribution in [3.8, 4) is 0 Å². The molecule has 0 spiro atoms. The van der Waals surface area contributed by atoms with Crippen LogP contribution in [0.4, 0.5) is 10.5 Å². The normalized spacial score (nSPS) is 17.8. The second-order valence-corrected chi connectivity index (χ2v) is 6.86. The van der Waals surface area contributed by atoms with E-state index in [1.807, 2.05) is 6.92 Å². The second-order valence-electron chi connectivity index (χ2n) is 6.86. The van der Waals surface area contributed by atoms with Crippen LogP contribution in [0.15, 0.2) is 16.7 Å². The van der Waals surface area contributed by atoms with E-state index in [0.717, 1.165) is 6.42 Å². The largest absolute Gasteiger partial charge is 0.457 e. The molecule has 1 aliphatic rings. The number of furan rings is 1. The van der Waals surface area contributed by atoms with Crippen LogP contribution < -0.4 is 5.32 Å². The van der Waals surface area contributed by atoms with Crippen LogP contribution in [0.3, 0.4) is 0 Å². The van der Waals surface area contributed by atoms with Crippen molar-refractivity contribution in [2.75, 3.05) is 31.6 Å². The van der Waals surface area contributed by atoms with Gasteiger partial charge >= 0.3 is 6.09 Å². The van der Waals surface area contributed by atoms with Gasteiger partial charge in [0.05, 0.1) is 18.6 Å². The molecule has 1 fully saturated rings. The maximum atomic E-state index is 12.6. The Hall–Kier alpha value is -2.02. The summed E-state index contributed by atoms with van der Waals surface area (Å²) in [6, 6.07) is 1.55. The molecule has 1 unspecified atom stereocenters. The molecule has 0 aromatic carbocycles. The van der Waals surface area contributed by atoms with E-state index < -0.39 is 11.7 Å². The maximum Gasteiger partial charge on any atom is 0.412 e. The van der Waals surface area contributed by atoms with Gasteiger partial charge in [0.2, 0.25) is 5.76 Å². The lowest BCUT2D eigenvalue weighted by molar-refractivity contribution is 0.0635. The van der Waals surface area contributed by atoms with Gasteiger partial charge in [-0.1, -0.05) is 0 Å². The molecule has 0 radical (unpaired) electrons. The Balaban J connectivity index is 1.97. The van der Waals surface area contributed by atoms with E-state index in [4.69, 9.17) is 13.9 Å². The second kappa shape index (κ2) is 7.70. The number of anilines is 1. The number of amides is 2. The molecule has 0 saturated carbocycles. The number of hydrogen-bond acceptors (Lipinski definition) is 5. The summed E-state index contributed by atoms with van der Waals surface area (Å²) in [6.07, 6.45) is 1.67. The highest BCUT2D eigenvalue weighted by atomic mass is 16.6. The van der Waals surface area contributed by atoms with Crippen LogP contribution in [-0.2, 0) is 9.47 Å². The average Bonchev–Trinajstić information content (AvgIpc) is 3.11. The monoisotopic (exact) mass is 338 g/mol. The molecular formula is C17H26N2O5. The molecule has 7 nitrogen and oxygen atoms in total. The van der Waals surface area contributed by atoms with Gasteiger partial charge in [0, 0.05) is 31.7 Å². The SMILES string of the molecule is CCOCC1CCN(C(=O)c2occc2NC(=O)OC(C)(C)C)C1. The summed E-state index contributed by atoms with van der Waals surface area (Å²) >= 11 is 0. The van der Waals surface area contributed by atoms with E-state index >= 15 is 0 Å². The molecule has 2 rings (SSSR count). The van der Waals surface area contributed by atoms with Gasteiger partial charge in [0.1, 0.15) is 5.60 Å². The molecule has 1 aromatic heterocycles. The third-order valence-corrected chi connectivity index (χ3v) is 3.63. The van der Waals surface area contributed by atoms with Crippen LogP contribution in [0, 0.1) is 5.92 Å². The van der Waals surface area contributed by atoms with E-state index in [2.05, 4.69) is 5.32 Å². The summed E-state index contributed by atoms with van der Waals surface area (Å²) in [5.74, 6) is 0.231. The predicted octanol–water partition coefficient (Wildman–Crippen LogP) is 3.13. The van der Waals surface area contributed by atoms with Gasteiger partial charge in [-0.05, 0) is 34.1 Å². The molecule has 2 amide bonds. The predicted molar refractivity (Wildman–Crippen MR) is 89.1 cm³/mol. The van der Waals surface area contributed by atoms with Crippen LogP contribution in [0.5, 0.6) is 0 Å². The van der Waals surface area contributed by atoms with Crippen molar-refractivity contribution in [2.45, 2.75) is 39.7 Å². The highest BCUT2D eigenvalue weighted by Gasteiger charge is 2.30. The molecule has 134 valence electrons. The van der Waals surface area contributed by atoms with Crippen LogP contribution in [-0.4, -0.2) is 48.8 Å². The highest BCUT2D eigenvalue weighted by molar-refractivity contribution is 6.00. The van der Waals surface area contributed by atoms with Crippen molar-refractivity contribution in [1.82, 2.24) is 4.90 Å². The summed E-state index contributed by atoms with van der Waals surface area (Å²) in [6.45, 7) is 9.89. The van der Waals surface area contributed by atoms with Gasteiger partial charge in [-0.3, -0.25) is 10.1 Å². The minimum absolute atomic E-state index is 0.123. The molecule has 24 heavy (non-hydrogen) atoms. The third kappa shape index (κ3) is 4.99. The lowest BCUT2D eigenvalue weighted by Crippen LogP contribution is -2.31. The minimum Gasteiger partial charge on any atom is -0.457 e. The molecule has 1 N–H and O–H groups in total.